The molecule has 2 aromatic heterocycles. The maximum Gasteiger partial charge on any atom is 0.131 e. The number of nitrogens with zero attached hydrogens (tertiary/aromatic N) is 5. The molecule has 0 spiro atoms. The van der Waals surface area contributed by atoms with E-state index in [4.69, 9.17) is 10.1 Å². The summed E-state index contributed by atoms with van der Waals surface area (Å²) in [5.41, 5.74) is 6.55. The van der Waals surface area contributed by atoms with Crippen molar-refractivity contribution in [1.29, 1.82) is 0 Å². The average molecular weight is 339 g/mol. The van der Waals surface area contributed by atoms with E-state index in [0.717, 1.165) is 25.3 Å². The summed E-state index contributed by atoms with van der Waals surface area (Å²) in [5.74, 6) is 1.38. The molecule has 2 atom stereocenters. The van der Waals surface area contributed by atoms with Crippen molar-refractivity contribution in [3.63, 3.8) is 0 Å². The van der Waals surface area contributed by atoms with Gasteiger partial charge < -0.3 is 0 Å². The zero-order chi connectivity index (χ0) is 17.7. The molecule has 0 amide bonds. The van der Waals surface area contributed by atoms with Gasteiger partial charge in [0.2, 0.25) is 0 Å². The molecule has 25 heavy (non-hydrogen) atoms. The molecule has 4 heterocycles. The van der Waals surface area contributed by atoms with Crippen molar-refractivity contribution in [3.8, 4) is 0 Å². The van der Waals surface area contributed by atoms with Crippen LogP contribution in [0.25, 0.3) is 0 Å². The van der Waals surface area contributed by atoms with Crippen LogP contribution in [0.15, 0.2) is 6.20 Å². The summed E-state index contributed by atoms with van der Waals surface area (Å²) in [6.45, 7) is 12.8. The van der Waals surface area contributed by atoms with Gasteiger partial charge in [-0.25, -0.2) is 9.97 Å². The van der Waals surface area contributed by atoms with Crippen molar-refractivity contribution in [2.75, 3.05) is 0 Å². The van der Waals surface area contributed by atoms with Gasteiger partial charge in [0.25, 0.3) is 0 Å². The molecule has 0 saturated carbocycles. The van der Waals surface area contributed by atoms with Gasteiger partial charge in [-0.15, -0.1) is 0 Å². The van der Waals surface area contributed by atoms with Gasteiger partial charge in [0.15, 0.2) is 0 Å². The van der Waals surface area contributed by atoms with Crippen LogP contribution < -0.4 is 0 Å². The van der Waals surface area contributed by atoms with Crippen LogP contribution in [0.3, 0.4) is 0 Å². The fraction of sp³-hybridized carbons (Fsp3) is 0.650. The minimum absolute atomic E-state index is 0.395. The van der Waals surface area contributed by atoms with Crippen LogP contribution in [0.4, 0.5) is 0 Å². The third-order valence-corrected chi connectivity index (χ3v) is 6.04. The first-order valence-corrected chi connectivity index (χ1v) is 9.63. The van der Waals surface area contributed by atoms with Crippen LogP contribution in [0, 0.1) is 13.8 Å². The minimum Gasteiger partial charge on any atom is -0.288 e. The minimum atomic E-state index is 0.395. The predicted molar refractivity (Wildman–Crippen MR) is 98.5 cm³/mol. The van der Waals surface area contributed by atoms with Gasteiger partial charge in [-0.2, -0.15) is 5.10 Å². The van der Waals surface area contributed by atoms with E-state index in [1.807, 2.05) is 0 Å². The maximum atomic E-state index is 4.89. The lowest BCUT2D eigenvalue weighted by molar-refractivity contribution is 0.165. The first kappa shape index (κ1) is 16.7. The van der Waals surface area contributed by atoms with E-state index in [1.54, 1.807) is 0 Å². The fourth-order valence-corrected chi connectivity index (χ4v) is 4.57. The third-order valence-electron chi connectivity index (χ3n) is 6.04. The number of hydrogen-bond acceptors (Lipinski definition) is 4. The second-order valence-electron chi connectivity index (χ2n) is 7.87. The van der Waals surface area contributed by atoms with E-state index in [2.05, 4.69) is 55.4 Å². The number of rotatable bonds is 4. The molecule has 2 bridgehead atoms. The summed E-state index contributed by atoms with van der Waals surface area (Å²) in [5, 5.41) is 4.71. The molecule has 1 saturated heterocycles. The summed E-state index contributed by atoms with van der Waals surface area (Å²) >= 11 is 0. The lowest BCUT2D eigenvalue weighted by atomic mass is 9.97. The van der Waals surface area contributed by atoms with Crippen LogP contribution >= 0.6 is 0 Å². The molecule has 0 unspecified atom stereocenters. The summed E-state index contributed by atoms with van der Waals surface area (Å²) in [7, 11) is 0. The SMILES string of the molecule is CCn1nc(C)c(CN2[C@H]3CC[C@@H]2c2cnc(C(C)C)nc2C3)c1C. The molecule has 2 aliphatic heterocycles. The average Bonchev–Trinajstić information content (AvgIpc) is 3.03. The van der Waals surface area contributed by atoms with Crippen LogP contribution in [-0.2, 0) is 19.5 Å². The van der Waals surface area contributed by atoms with Crippen LogP contribution in [0.5, 0.6) is 0 Å². The van der Waals surface area contributed by atoms with Crippen molar-refractivity contribution in [1.82, 2.24) is 24.6 Å². The van der Waals surface area contributed by atoms with E-state index < -0.39 is 0 Å². The largest absolute Gasteiger partial charge is 0.288 e. The second-order valence-corrected chi connectivity index (χ2v) is 7.87. The van der Waals surface area contributed by atoms with Gasteiger partial charge >= 0.3 is 0 Å². The predicted octanol–water partition coefficient (Wildman–Crippen LogP) is 3.70. The topological polar surface area (TPSA) is 46.8 Å². The van der Waals surface area contributed by atoms with Gasteiger partial charge in [-0.1, -0.05) is 13.8 Å². The van der Waals surface area contributed by atoms with Crippen molar-refractivity contribution in [3.05, 3.63) is 40.2 Å². The quantitative estimate of drug-likeness (QED) is 0.852. The molecule has 4 rings (SSSR count). The first-order valence-electron chi connectivity index (χ1n) is 9.63. The highest BCUT2D eigenvalue weighted by Crippen LogP contribution is 2.44. The molecule has 0 N–H and O–H groups in total. The third kappa shape index (κ3) is 2.69. The standard InChI is InChI=1S/C20H29N5/c1-6-25-14(5)17(13(4)23-25)11-24-15-7-8-19(24)16-10-21-20(12(2)3)22-18(16)9-15/h10,12,15,19H,6-9,11H2,1-5H3/t15-,19+/m0/s1. The molecule has 5 nitrogen and oxygen atoms in total. The number of aryl methyl sites for hydroxylation is 2. The van der Waals surface area contributed by atoms with E-state index in [0.29, 0.717) is 18.0 Å². The Morgan fingerprint density at radius 2 is 2.04 bits per heavy atom. The Kier molecular flexibility index (Phi) is 4.14. The Morgan fingerprint density at radius 3 is 2.72 bits per heavy atom. The van der Waals surface area contributed by atoms with Crippen LogP contribution in [0.2, 0.25) is 0 Å². The highest BCUT2D eigenvalue weighted by molar-refractivity contribution is 5.31. The highest BCUT2D eigenvalue weighted by atomic mass is 15.3. The van der Waals surface area contributed by atoms with Crippen LogP contribution in [-0.4, -0.2) is 30.7 Å². The lowest BCUT2D eigenvalue weighted by Crippen LogP contribution is -2.38. The molecule has 0 aliphatic carbocycles. The maximum absolute atomic E-state index is 4.89. The zero-order valence-electron chi connectivity index (χ0n) is 16.1. The normalized spacial score (nSPS) is 22.6. The fourth-order valence-electron chi connectivity index (χ4n) is 4.57. The molecule has 0 radical (unpaired) electrons. The number of hydrogen-bond donors (Lipinski definition) is 0. The molecule has 5 heteroatoms. The zero-order valence-corrected chi connectivity index (χ0v) is 16.1. The highest BCUT2D eigenvalue weighted by Gasteiger charge is 2.41. The van der Waals surface area contributed by atoms with E-state index in [1.165, 1.54) is 41.1 Å². The van der Waals surface area contributed by atoms with Gasteiger partial charge in [0, 0.05) is 60.5 Å². The molecule has 2 aromatic rings. The van der Waals surface area contributed by atoms with E-state index >= 15 is 0 Å². The van der Waals surface area contributed by atoms with Crippen molar-refractivity contribution >= 4 is 0 Å². The number of aromatic nitrogens is 4. The Labute approximate surface area is 150 Å². The van der Waals surface area contributed by atoms with Gasteiger partial charge in [-0.05, 0) is 33.6 Å². The molecule has 2 aliphatic rings. The molecular formula is C20H29N5. The summed E-state index contributed by atoms with van der Waals surface area (Å²) in [6.07, 6.45) is 5.65. The van der Waals surface area contributed by atoms with Gasteiger partial charge in [-0.3, -0.25) is 9.58 Å². The smallest absolute Gasteiger partial charge is 0.131 e. The molecule has 0 aromatic carbocycles. The van der Waals surface area contributed by atoms with Crippen LogP contribution in [0.1, 0.15) is 79.6 Å². The Hall–Kier alpha value is -1.75. The Bertz CT molecular complexity index is 792. The number of fused-ring (bicyclic) bond motifs is 4. The van der Waals surface area contributed by atoms with Gasteiger partial charge in [0.05, 0.1) is 11.4 Å². The van der Waals surface area contributed by atoms with Gasteiger partial charge in [0.1, 0.15) is 5.82 Å². The lowest BCUT2D eigenvalue weighted by Gasteiger charge is -2.35. The van der Waals surface area contributed by atoms with E-state index in [9.17, 15) is 0 Å². The molecule has 1 fully saturated rings. The summed E-state index contributed by atoms with van der Waals surface area (Å²) < 4.78 is 2.13. The van der Waals surface area contributed by atoms with Crippen molar-refractivity contribution < 1.29 is 0 Å². The van der Waals surface area contributed by atoms with Crippen molar-refractivity contribution in [2.45, 2.75) is 85.0 Å². The molecule has 134 valence electrons. The first-order chi connectivity index (χ1) is 12.0. The van der Waals surface area contributed by atoms with Crippen molar-refractivity contribution in [2.24, 2.45) is 0 Å². The Morgan fingerprint density at radius 1 is 1.24 bits per heavy atom. The monoisotopic (exact) mass is 339 g/mol. The summed E-state index contributed by atoms with van der Waals surface area (Å²) in [4.78, 5) is 12.2. The summed E-state index contributed by atoms with van der Waals surface area (Å²) in [6, 6.07) is 1.08. The second kappa shape index (κ2) is 6.20. The van der Waals surface area contributed by atoms with E-state index in [-0.39, 0.29) is 0 Å². The Balaban J connectivity index is 1.65. The molecular weight excluding hydrogens is 310 g/mol.